The van der Waals surface area contributed by atoms with Gasteiger partial charge in [0.25, 0.3) is 0 Å². The molecule has 1 heterocycles. The maximum atomic E-state index is 8.59. The molecule has 0 aromatic carbocycles. The highest BCUT2D eigenvalue weighted by atomic mass is 79.9. The number of hydrogen-bond donors (Lipinski definition) is 0. The first-order valence-corrected chi connectivity index (χ1v) is 6.14. The molecule has 3 nitrogen and oxygen atoms in total. The second kappa shape index (κ2) is 5.92. The Morgan fingerprint density at radius 3 is 2.73 bits per heavy atom. The minimum absolute atomic E-state index is 0.535. The minimum Gasteiger partial charge on any atom is -0.322 e. The van der Waals surface area contributed by atoms with E-state index in [-0.39, 0.29) is 0 Å². The fourth-order valence-electron chi connectivity index (χ4n) is 1.59. The molecule has 0 bridgehead atoms. The molecule has 0 amide bonds. The van der Waals surface area contributed by atoms with Gasteiger partial charge in [-0.15, -0.1) is 0 Å². The van der Waals surface area contributed by atoms with E-state index in [2.05, 4.69) is 45.4 Å². The average Bonchev–Trinajstić information content (AvgIpc) is 2.54. The Bertz CT molecular complexity index is 363. The summed E-state index contributed by atoms with van der Waals surface area (Å²) in [4.78, 5) is 4.58. The van der Waals surface area contributed by atoms with Crippen LogP contribution >= 0.6 is 15.9 Å². The Labute approximate surface area is 99.2 Å². The standard InChI is InChI=1S/C11H16BrN3/c1-3-6-9-11(12)15(8-5-7-13)10(4-2)14-9/h3-6,8H2,1-2H3. The smallest absolute Gasteiger partial charge is 0.109 e. The van der Waals surface area contributed by atoms with Gasteiger partial charge in [-0.1, -0.05) is 20.3 Å². The molecule has 0 saturated heterocycles. The normalized spacial score (nSPS) is 10.3. The topological polar surface area (TPSA) is 41.6 Å². The van der Waals surface area contributed by atoms with Gasteiger partial charge in [-0.05, 0) is 22.4 Å². The van der Waals surface area contributed by atoms with Crippen molar-refractivity contribution in [3.05, 3.63) is 16.1 Å². The Kier molecular flexibility index (Phi) is 4.83. The summed E-state index contributed by atoms with van der Waals surface area (Å²) in [7, 11) is 0. The molecular weight excluding hydrogens is 254 g/mol. The van der Waals surface area contributed by atoms with E-state index in [0.717, 1.165) is 41.9 Å². The molecule has 0 atom stereocenters. The largest absolute Gasteiger partial charge is 0.322 e. The van der Waals surface area contributed by atoms with Crippen LogP contribution in [-0.2, 0) is 19.4 Å². The van der Waals surface area contributed by atoms with Crippen LogP contribution in [0.2, 0.25) is 0 Å². The number of hydrogen-bond acceptors (Lipinski definition) is 2. The van der Waals surface area contributed by atoms with Crippen LogP contribution in [0.15, 0.2) is 4.60 Å². The summed E-state index contributed by atoms with van der Waals surface area (Å²) in [6.45, 7) is 4.97. The minimum atomic E-state index is 0.535. The summed E-state index contributed by atoms with van der Waals surface area (Å²) in [5.41, 5.74) is 1.12. The van der Waals surface area contributed by atoms with E-state index in [1.807, 2.05) is 0 Å². The molecule has 0 spiro atoms. The van der Waals surface area contributed by atoms with E-state index in [9.17, 15) is 0 Å². The fraction of sp³-hybridized carbons (Fsp3) is 0.636. The van der Waals surface area contributed by atoms with Gasteiger partial charge >= 0.3 is 0 Å². The molecule has 15 heavy (non-hydrogen) atoms. The third-order valence-electron chi connectivity index (χ3n) is 2.30. The molecule has 0 aliphatic carbocycles. The predicted molar refractivity (Wildman–Crippen MR) is 63.5 cm³/mol. The first-order valence-electron chi connectivity index (χ1n) is 5.35. The molecule has 0 aliphatic heterocycles. The molecule has 0 unspecified atom stereocenters. The van der Waals surface area contributed by atoms with Crippen LogP contribution in [0, 0.1) is 11.3 Å². The Morgan fingerprint density at radius 2 is 2.20 bits per heavy atom. The number of aromatic nitrogens is 2. The summed E-state index contributed by atoms with van der Waals surface area (Å²) >= 11 is 3.57. The maximum Gasteiger partial charge on any atom is 0.109 e. The lowest BCUT2D eigenvalue weighted by Gasteiger charge is -2.04. The molecule has 4 heteroatoms. The van der Waals surface area contributed by atoms with Gasteiger partial charge in [-0.2, -0.15) is 5.26 Å². The predicted octanol–water partition coefficient (Wildman–Crippen LogP) is 3.07. The van der Waals surface area contributed by atoms with Gasteiger partial charge in [0.2, 0.25) is 0 Å². The van der Waals surface area contributed by atoms with Crippen LogP contribution in [0.3, 0.4) is 0 Å². The van der Waals surface area contributed by atoms with Crippen LogP contribution in [0.1, 0.15) is 38.2 Å². The molecule has 0 saturated carbocycles. The Hall–Kier alpha value is -0.820. The van der Waals surface area contributed by atoms with E-state index < -0.39 is 0 Å². The summed E-state index contributed by atoms with van der Waals surface area (Å²) in [5, 5.41) is 8.59. The molecule has 0 radical (unpaired) electrons. The van der Waals surface area contributed by atoms with Crippen molar-refractivity contribution in [2.75, 3.05) is 0 Å². The first-order chi connectivity index (χ1) is 7.24. The highest BCUT2D eigenvalue weighted by molar-refractivity contribution is 9.10. The van der Waals surface area contributed by atoms with Gasteiger partial charge < -0.3 is 4.57 Å². The zero-order valence-electron chi connectivity index (χ0n) is 9.26. The number of halogens is 1. The van der Waals surface area contributed by atoms with E-state index >= 15 is 0 Å². The lowest BCUT2D eigenvalue weighted by atomic mass is 10.3. The second-order valence-corrected chi connectivity index (χ2v) is 4.18. The summed E-state index contributed by atoms with van der Waals surface area (Å²) in [5.74, 6) is 1.07. The van der Waals surface area contributed by atoms with E-state index in [0.29, 0.717) is 6.42 Å². The Balaban J connectivity index is 2.95. The van der Waals surface area contributed by atoms with Crippen molar-refractivity contribution in [1.82, 2.24) is 9.55 Å². The summed E-state index contributed by atoms with van der Waals surface area (Å²) in [6, 6.07) is 2.17. The first kappa shape index (κ1) is 12.3. The number of imidazole rings is 1. The number of nitriles is 1. The van der Waals surface area contributed by atoms with Crippen molar-refractivity contribution in [3.8, 4) is 6.07 Å². The lowest BCUT2D eigenvalue weighted by molar-refractivity contribution is 0.658. The van der Waals surface area contributed by atoms with E-state index in [4.69, 9.17) is 5.26 Å². The molecule has 1 rings (SSSR count). The molecule has 0 N–H and O–H groups in total. The zero-order chi connectivity index (χ0) is 11.3. The zero-order valence-corrected chi connectivity index (χ0v) is 10.8. The van der Waals surface area contributed by atoms with Crippen LogP contribution in [0.5, 0.6) is 0 Å². The quantitative estimate of drug-likeness (QED) is 0.825. The number of aryl methyl sites for hydroxylation is 2. The molecular formula is C11H16BrN3. The van der Waals surface area contributed by atoms with Gasteiger partial charge in [-0.3, -0.25) is 0 Å². The third-order valence-corrected chi connectivity index (χ3v) is 3.19. The molecule has 0 aliphatic rings. The van der Waals surface area contributed by atoms with Crippen LogP contribution in [0.25, 0.3) is 0 Å². The number of nitrogens with zero attached hydrogens (tertiary/aromatic N) is 3. The van der Waals surface area contributed by atoms with Crippen LogP contribution in [-0.4, -0.2) is 9.55 Å². The van der Waals surface area contributed by atoms with Gasteiger partial charge in [0.05, 0.1) is 18.2 Å². The highest BCUT2D eigenvalue weighted by Gasteiger charge is 2.12. The van der Waals surface area contributed by atoms with Crippen molar-refractivity contribution in [2.45, 2.75) is 46.1 Å². The SMILES string of the molecule is CCCc1nc(CC)n(CCC#N)c1Br. The van der Waals surface area contributed by atoms with Gasteiger partial charge in [0, 0.05) is 13.0 Å². The molecule has 1 aromatic rings. The third kappa shape index (κ3) is 2.82. The fourth-order valence-corrected chi connectivity index (χ4v) is 2.26. The lowest BCUT2D eigenvalue weighted by Crippen LogP contribution is -2.02. The van der Waals surface area contributed by atoms with Crippen molar-refractivity contribution in [1.29, 1.82) is 5.26 Å². The van der Waals surface area contributed by atoms with Crippen LogP contribution in [0.4, 0.5) is 0 Å². The molecule has 82 valence electrons. The van der Waals surface area contributed by atoms with E-state index in [1.165, 1.54) is 0 Å². The van der Waals surface area contributed by atoms with Crippen LogP contribution < -0.4 is 0 Å². The van der Waals surface area contributed by atoms with Gasteiger partial charge in [0.15, 0.2) is 0 Å². The van der Waals surface area contributed by atoms with Gasteiger partial charge in [-0.25, -0.2) is 4.98 Å². The monoisotopic (exact) mass is 269 g/mol. The molecule has 0 fully saturated rings. The number of rotatable bonds is 5. The van der Waals surface area contributed by atoms with Gasteiger partial charge in [0.1, 0.15) is 10.4 Å². The Morgan fingerprint density at radius 1 is 1.47 bits per heavy atom. The second-order valence-electron chi connectivity index (χ2n) is 3.43. The molecule has 1 aromatic heterocycles. The van der Waals surface area contributed by atoms with Crippen molar-refractivity contribution in [3.63, 3.8) is 0 Å². The van der Waals surface area contributed by atoms with Crippen molar-refractivity contribution < 1.29 is 0 Å². The summed E-state index contributed by atoms with van der Waals surface area (Å²) in [6.07, 6.45) is 3.53. The van der Waals surface area contributed by atoms with E-state index in [1.54, 1.807) is 0 Å². The maximum absolute atomic E-state index is 8.59. The highest BCUT2D eigenvalue weighted by Crippen LogP contribution is 2.21. The van der Waals surface area contributed by atoms with Crippen molar-refractivity contribution in [2.24, 2.45) is 0 Å². The summed E-state index contributed by atoms with van der Waals surface area (Å²) < 4.78 is 3.16. The average molecular weight is 270 g/mol. The van der Waals surface area contributed by atoms with Crippen molar-refractivity contribution >= 4 is 15.9 Å².